The van der Waals surface area contributed by atoms with Crippen LogP contribution in [0.15, 0.2) is 48.5 Å². The van der Waals surface area contributed by atoms with E-state index < -0.39 is 0 Å². The van der Waals surface area contributed by atoms with Crippen molar-refractivity contribution in [3.63, 3.8) is 0 Å². The van der Waals surface area contributed by atoms with E-state index in [1.807, 2.05) is 56.0 Å². The van der Waals surface area contributed by atoms with Gasteiger partial charge in [-0.1, -0.05) is 30.3 Å². The van der Waals surface area contributed by atoms with Gasteiger partial charge in [-0.3, -0.25) is 4.79 Å². The van der Waals surface area contributed by atoms with Gasteiger partial charge in [-0.25, -0.2) is 0 Å². The summed E-state index contributed by atoms with van der Waals surface area (Å²) in [6.45, 7) is 6.63. The van der Waals surface area contributed by atoms with Crippen molar-refractivity contribution in [2.24, 2.45) is 0 Å². The van der Waals surface area contributed by atoms with Crippen molar-refractivity contribution >= 4 is 5.91 Å². The molecule has 0 spiro atoms. The van der Waals surface area contributed by atoms with Gasteiger partial charge in [-0.05, 0) is 38.5 Å². The van der Waals surface area contributed by atoms with Gasteiger partial charge >= 0.3 is 0 Å². The molecule has 0 radical (unpaired) electrons. The number of nitrogens with zero attached hydrogens (tertiary/aromatic N) is 1. The van der Waals surface area contributed by atoms with Crippen LogP contribution in [0.2, 0.25) is 0 Å². The Morgan fingerprint density at radius 1 is 1.00 bits per heavy atom. The summed E-state index contributed by atoms with van der Waals surface area (Å²) in [6, 6.07) is 15.2. The van der Waals surface area contributed by atoms with Crippen LogP contribution in [-0.2, 0) is 6.54 Å². The number of hydrogen-bond donors (Lipinski definition) is 0. The molecule has 0 saturated carbocycles. The molecule has 0 atom stereocenters. The number of carbonyl (C=O) groups is 1. The molecule has 0 fully saturated rings. The Labute approximate surface area is 144 Å². The van der Waals surface area contributed by atoms with E-state index in [1.165, 1.54) is 0 Å². The Hall–Kier alpha value is -2.49. The van der Waals surface area contributed by atoms with E-state index in [2.05, 4.69) is 0 Å². The minimum absolute atomic E-state index is 0.0640. The first-order chi connectivity index (χ1) is 11.4. The lowest BCUT2D eigenvalue weighted by atomic mass is 10.0. The van der Waals surface area contributed by atoms with Crippen LogP contribution in [0.5, 0.6) is 11.5 Å². The van der Waals surface area contributed by atoms with E-state index in [9.17, 15) is 4.79 Å². The predicted octanol–water partition coefficient (Wildman–Crippen LogP) is 4.14. The Morgan fingerprint density at radius 2 is 1.67 bits per heavy atom. The van der Waals surface area contributed by atoms with Crippen molar-refractivity contribution < 1.29 is 14.3 Å². The Kier molecular flexibility index (Phi) is 5.50. The number of rotatable bonds is 5. The minimum Gasteiger partial charge on any atom is -0.497 e. The predicted molar refractivity (Wildman–Crippen MR) is 95.6 cm³/mol. The summed E-state index contributed by atoms with van der Waals surface area (Å²) < 4.78 is 10.6. The number of carbonyl (C=O) groups excluding carboxylic acids is 1. The Morgan fingerprint density at radius 3 is 2.21 bits per heavy atom. The second-order valence-electron chi connectivity index (χ2n) is 6.61. The zero-order valence-electron chi connectivity index (χ0n) is 15.0. The average Bonchev–Trinajstić information content (AvgIpc) is 2.58. The van der Waals surface area contributed by atoms with Crippen LogP contribution in [0.4, 0.5) is 0 Å². The van der Waals surface area contributed by atoms with Gasteiger partial charge in [0, 0.05) is 18.2 Å². The number of amides is 1. The summed E-state index contributed by atoms with van der Waals surface area (Å²) in [7, 11) is 3.15. The molecule has 1 amide bonds. The highest BCUT2D eigenvalue weighted by Crippen LogP contribution is 2.29. The van der Waals surface area contributed by atoms with Gasteiger partial charge in [0.2, 0.25) is 0 Å². The van der Waals surface area contributed by atoms with Crippen molar-refractivity contribution in [2.75, 3.05) is 14.2 Å². The first kappa shape index (κ1) is 17.9. The number of benzene rings is 2. The standard InChI is InChI=1S/C20H25NO3/c1-20(2,3)21(14-15-9-7-6-8-10-15)19(22)17-12-11-16(23-4)13-18(17)24-5/h6-13H,14H2,1-5H3. The smallest absolute Gasteiger partial charge is 0.258 e. The quantitative estimate of drug-likeness (QED) is 0.828. The maximum absolute atomic E-state index is 13.2. The van der Waals surface area contributed by atoms with E-state index in [0.29, 0.717) is 23.6 Å². The first-order valence-corrected chi connectivity index (χ1v) is 7.94. The summed E-state index contributed by atoms with van der Waals surface area (Å²) in [5.74, 6) is 1.11. The fraction of sp³-hybridized carbons (Fsp3) is 0.350. The van der Waals surface area contributed by atoms with Gasteiger partial charge in [0.1, 0.15) is 11.5 Å². The van der Waals surface area contributed by atoms with Crippen molar-refractivity contribution in [3.05, 3.63) is 59.7 Å². The molecule has 2 rings (SSSR count). The van der Waals surface area contributed by atoms with Crippen molar-refractivity contribution in [3.8, 4) is 11.5 Å². The second kappa shape index (κ2) is 7.39. The van der Waals surface area contributed by atoms with Crippen molar-refractivity contribution in [2.45, 2.75) is 32.9 Å². The van der Waals surface area contributed by atoms with Crippen LogP contribution >= 0.6 is 0 Å². The zero-order valence-corrected chi connectivity index (χ0v) is 15.0. The highest BCUT2D eigenvalue weighted by molar-refractivity contribution is 5.97. The molecule has 0 aliphatic rings. The molecular formula is C20H25NO3. The van der Waals surface area contributed by atoms with Crippen LogP contribution in [0, 0.1) is 0 Å². The molecule has 0 unspecified atom stereocenters. The fourth-order valence-electron chi connectivity index (χ4n) is 2.50. The van der Waals surface area contributed by atoms with Crippen LogP contribution in [0.3, 0.4) is 0 Å². The summed E-state index contributed by atoms with van der Waals surface area (Å²) in [5, 5.41) is 0. The summed E-state index contributed by atoms with van der Waals surface area (Å²) in [6.07, 6.45) is 0. The van der Waals surface area contributed by atoms with E-state index in [1.54, 1.807) is 32.4 Å². The third-order valence-corrected chi connectivity index (χ3v) is 3.88. The molecule has 2 aromatic rings. The van der Waals surface area contributed by atoms with Gasteiger partial charge in [0.25, 0.3) is 5.91 Å². The molecule has 0 N–H and O–H groups in total. The molecule has 0 aliphatic carbocycles. The van der Waals surface area contributed by atoms with Crippen molar-refractivity contribution in [1.82, 2.24) is 4.90 Å². The summed E-state index contributed by atoms with van der Waals surface area (Å²) in [4.78, 5) is 15.0. The molecule has 24 heavy (non-hydrogen) atoms. The molecule has 0 aromatic heterocycles. The van der Waals surface area contributed by atoms with Crippen LogP contribution in [0.1, 0.15) is 36.7 Å². The molecule has 2 aromatic carbocycles. The molecule has 0 aliphatic heterocycles. The van der Waals surface area contributed by atoms with Gasteiger partial charge < -0.3 is 14.4 Å². The lowest BCUT2D eigenvalue weighted by molar-refractivity contribution is 0.0555. The molecule has 0 saturated heterocycles. The van der Waals surface area contributed by atoms with Crippen LogP contribution in [-0.4, -0.2) is 30.6 Å². The lowest BCUT2D eigenvalue weighted by Gasteiger charge is -2.36. The molecular weight excluding hydrogens is 302 g/mol. The summed E-state index contributed by atoms with van der Waals surface area (Å²) in [5.41, 5.74) is 1.30. The average molecular weight is 327 g/mol. The second-order valence-corrected chi connectivity index (χ2v) is 6.61. The lowest BCUT2D eigenvalue weighted by Crippen LogP contribution is -2.45. The SMILES string of the molecule is COc1ccc(C(=O)N(Cc2ccccc2)C(C)(C)C)c(OC)c1. The molecule has 4 nitrogen and oxygen atoms in total. The largest absolute Gasteiger partial charge is 0.497 e. The first-order valence-electron chi connectivity index (χ1n) is 7.94. The van der Waals surface area contributed by atoms with Gasteiger partial charge in [-0.2, -0.15) is 0 Å². The van der Waals surface area contributed by atoms with Gasteiger partial charge in [-0.15, -0.1) is 0 Å². The Bertz CT molecular complexity index is 690. The van der Waals surface area contributed by atoms with Gasteiger partial charge in [0.05, 0.1) is 19.8 Å². The Balaban J connectivity index is 2.38. The highest BCUT2D eigenvalue weighted by atomic mass is 16.5. The summed E-state index contributed by atoms with van der Waals surface area (Å²) >= 11 is 0. The third kappa shape index (κ3) is 4.07. The number of methoxy groups -OCH3 is 2. The zero-order chi connectivity index (χ0) is 17.7. The maximum atomic E-state index is 13.2. The molecule has 128 valence electrons. The molecule has 0 bridgehead atoms. The molecule has 0 heterocycles. The van der Waals surface area contributed by atoms with Crippen LogP contribution < -0.4 is 9.47 Å². The highest BCUT2D eigenvalue weighted by Gasteiger charge is 2.29. The van der Waals surface area contributed by atoms with E-state index in [4.69, 9.17) is 9.47 Å². The van der Waals surface area contributed by atoms with E-state index >= 15 is 0 Å². The number of ether oxygens (including phenoxy) is 2. The number of hydrogen-bond acceptors (Lipinski definition) is 3. The normalized spacial score (nSPS) is 11.0. The van der Waals surface area contributed by atoms with Crippen LogP contribution in [0.25, 0.3) is 0 Å². The molecule has 4 heteroatoms. The van der Waals surface area contributed by atoms with E-state index in [-0.39, 0.29) is 11.4 Å². The fourth-order valence-corrected chi connectivity index (χ4v) is 2.50. The maximum Gasteiger partial charge on any atom is 0.258 e. The monoisotopic (exact) mass is 327 g/mol. The van der Waals surface area contributed by atoms with Gasteiger partial charge in [0.15, 0.2) is 0 Å². The van der Waals surface area contributed by atoms with Crippen molar-refractivity contribution in [1.29, 1.82) is 0 Å². The minimum atomic E-state index is -0.322. The third-order valence-electron chi connectivity index (χ3n) is 3.88. The topological polar surface area (TPSA) is 38.8 Å². The van der Waals surface area contributed by atoms with E-state index in [0.717, 1.165) is 5.56 Å².